The summed E-state index contributed by atoms with van der Waals surface area (Å²) in [5.41, 5.74) is 0.687. The number of nitrogens with one attached hydrogen (secondary N) is 2. The highest BCUT2D eigenvalue weighted by Crippen LogP contribution is 2.20. The molecule has 0 bridgehead atoms. The Morgan fingerprint density at radius 1 is 1.39 bits per heavy atom. The van der Waals surface area contributed by atoms with Gasteiger partial charge in [-0.1, -0.05) is 23.7 Å². The normalized spacial score (nSPS) is 19.5. The molecule has 0 radical (unpaired) electrons. The zero-order valence-corrected chi connectivity index (χ0v) is 14.5. The monoisotopic (exact) mass is 360 g/mol. The summed E-state index contributed by atoms with van der Waals surface area (Å²) < 4.78 is 31.0. The smallest absolute Gasteiger partial charge is 0.222 e. The zero-order valence-electron chi connectivity index (χ0n) is 12.9. The Morgan fingerprint density at radius 3 is 2.65 bits per heavy atom. The molecule has 0 aliphatic carbocycles. The van der Waals surface area contributed by atoms with Crippen molar-refractivity contribution in [2.24, 2.45) is 0 Å². The van der Waals surface area contributed by atoms with Crippen LogP contribution in [0.15, 0.2) is 24.3 Å². The molecule has 1 fully saturated rings. The molecule has 1 heterocycles. The van der Waals surface area contributed by atoms with Gasteiger partial charge in [-0.2, -0.15) is 0 Å². The van der Waals surface area contributed by atoms with Gasteiger partial charge in [-0.05, 0) is 30.5 Å². The third-order valence-electron chi connectivity index (χ3n) is 3.57. The molecule has 1 amide bonds. The molecule has 1 aromatic rings. The van der Waals surface area contributed by atoms with E-state index in [1.165, 1.54) is 0 Å². The predicted octanol–water partition coefficient (Wildman–Crippen LogP) is 1.62. The van der Waals surface area contributed by atoms with Gasteiger partial charge in [0.05, 0.1) is 18.4 Å². The number of hydrogen-bond acceptors (Lipinski definition) is 4. The Bertz CT molecular complexity index is 627. The molecular weight excluding hydrogens is 340 g/mol. The molecule has 0 unspecified atom stereocenters. The molecule has 0 aromatic heterocycles. The fourth-order valence-corrected chi connectivity index (χ4v) is 3.33. The maximum Gasteiger partial charge on any atom is 0.222 e. The molecular formula is C15H21ClN2O4S. The molecule has 1 saturated heterocycles. The fraction of sp³-hybridized carbons (Fsp3) is 0.533. The van der Waals surface area contributed by atoms with E-state index in [-0.39, 0.29) is 18.4 Å². The largest absolute Gasteiger partial charge is 0.376 e. The van der Waals surface area contributed by atoms with Crippen molar-refractivity contribution in [3.63, 3.8) is 0 Å². The molecule has 1 aliphatic rings. The summed E-state index contributed by atoms with van der Waals surface area (Å²) >= 11 is 5.85. The van der Waals surface area contributed by atoms with Crippen molar-refractivity contribution < 1.29 is 17.9 Å². The van der Waals surface area contributed by atoms with Crippen LogP contribution in [-0.4, -0.2) is 39.8 Å². The van der Waals surface area contributed by atoms with Gasteiger partial charge in [-0.3, -0.25) is 4.79 Å². The van der Waals surface area contributed by atoms with Crippen LogP contribution in [0.2, 0.25) is 5.02 Å². The first-order valence-corrected chi connectivity index (χ1v) is 9.71. The number of sulfonamides is 1. The lowest BCUT2D eigenvalue weighted by Gasteiger charge is -2.18. The molecule has 8 heteroatoms. The maximum absolute atomic E-state index is 12.1. The van der Waals surface area contributed by atoms with E-state index in [0.717, 1.165) is 25.7 Å². The van der Waals surface area contributed by atoms with Crippen molar-refractivity contribution >= 4 is 27.5 Å². The minimum absolute atomic E-state index is 0.0153. The molecule has 2 rings (SSSR count). The molecule has 0 saturated carbocycles. The quantitative estimate of drug-likeness (QED) is 0.773. The molecule has 1 aromatic carbocycles. The molecule has 1 aliphatic heterocycles. The van der Waals surface area contributed by atoms with Crippen LogP contribution < -0.4 is 10.0 Å². The van der Waals surface area contributed by atoms with Crippen molar-refractivity contribution in [3.8, 4) is 0 Å². The minimum atomic E-state index is -3.45. The number of halogens is 1. The number of ether oxygens (including phenoxy) is 1. The number of amides is 1. The molecule has 2 atom stereocenters. The summed E-state index contributed by atoms with van der Waals surface area (Å²) in [5.74, 6) is -0.225. The highest BCUT2D eigenvalue weighted by atomic mass is 35.5. The van der Waals surface area contributed by atoms with Gasteiger partial charge in [0, 0.05) is 24.6 Å². The van der Waals surface area contributed by atoms with E-state index in [1.807, 2.05) is 0 Å². The van der Waals surface area contributed by atoms with Crippen LogP contribution >= 0.6 is 11.6 Å². The van der Waals surface area contributed by atoms with Crippen LogP contribution in [0.1, 0.15) is 30.9 Å². The summed E-state index contributed by atoms with van der Waals surface area (Å²) in [5, 5.41) is 3.35. The number of benzene rings is 1. The topological polar surface area (TPSA) is 84.5 Å². The molecule has 128 valence electrons. The van der Waals surface area contributed by atoms with E-state index in [9.17, 15) is 13.2 Å². The first-order chi connectivity index (χ1) is 10.8. The summed E-state index contributed by atoms with van der Waals surface area (Å²) in [4.78, 5) is 12.1. The summed E-state index contributed by atoms with van der Waals surface area (Å²) in [6.45, 7) is 1.18. The third-order valence-corrected chi connectivity index (χ3v) is 4.53. The Kier molecular flexibility index (Phi) is 6.41. The van der Waals surface area contributed by atoms with Crippen molar-refractivity contribution in [2.75, 3.05) is 19.4 Å². The van der Waals surface area contributed by atoms with Crippen molar-refractivity contribution in [2.45, 2.75) is 31.4 Å². The van der Waals surface area contributed by atoms with E-state index in [1.54, 1.807) is 24.3 Å². The van der Waals surface area contributed by atoms with Gasteiger partial charge in [0.2, 0.25) is 15.9 Å². The summed E-state index contributed by atoms with van der Waals surface area (Å²) in [7, 11) is -3.45. The second-order valence-corrected chi connectivity index (χ2v) is 7.85. The fourth-order valence-electron chi connectivity index (χ4n) is 2.47. The van der Waals surface area contributed by atoms with Crippen molar-refractivity contribution in [1.82, 2.24) is 10.0 Å². The van der Waals surface area contributed by atoms with E-state index < -0.39 is 16.1 Å². The third kappa shape index (κ3) is 6.47. The van der Waals surface area contributed by atoms with Crippen LogP contribution in [0.3, 0.4) is 0 Å². The van der Waals surface area contributed by atoms with Crippen molar-refractivity contribution in [1.29, 1.82) is 0 Å². The second kappa shape index (κ2) is 8.10. The SMILES string of the molecule is CS(=O)(=O)N[C@H](CC(=O)NC[C@H]1CCCO1)c1ccc(Cl)cc1. The maximum atomic E-state index is 12.1. The van der Waals surface area contributed by atoms with Crippen LogP contribution in [0.25, 0.3) is 0 Å². The van der Waals surface area contributed by atoms with Gasteiger partial charge in [0.15, 0.2) is 0 Å². The summed E-state index contributed by atoms with van der Waals surface area (Å²) in [6, 6.07) is 6.11. The van der Waals surface area contributed by atoms with E-state index in [4.69, 9.17) is 16.3 Å². The number of carbonyl (C=O) groups is 1. The van der Waals surface area contributed by atoms with Crippen LogP contribution in [-0.2, 0) is 19.6 Å². The predicted molar refractivity (Wildman–Crippen MR) is 88.8 cm³/mol. The standard InChI is InChI=1S/C15H21ClN2O4S/c1-23(20,21)18-14(11-4-6-12(16)7-5-11)9-15(19)17-10-13-3-2-8-22-13/h4-7,13-14,18H,2-3,8-10H2,1H3,(H,17,19)/t13-,14-/m1/s1. The Hall–Kier alpha value is -1.15. The van der Waals surface area contributed by atoms with Gasteiger partial charge in [0.1, 0.15) is 0 Å². The molecule has 0 spiro atoms. The number of hydrogen-bond donors (Lipinski definition) is 2. The summed E-state index contributed by atoms with van der Waals surface area (Å²) in [6.07, 6.45) is 3.07. The van der Waals surface area contributed by atoms with Crippen LogP contribution in [0, 0.1) is 0 Å². The lowest BCUT2D eigenvalue weighted by atomic mass is 10.0. The molecule has 23 heavy (non-hydrogen) atoms. The Balaban J connectivity index is 1.98. The minimum Gasteiger partial charge on any atom is -0.376 e. The second-order valence-electron chi connectivity index (χ2n) is 5.64. The number of carbonyl (C=O) groups excluding carboxylic acids is 1. The van der Waals surface area contributed by atoms with Gasteiger partial charge in [0.25, 0.3) is 0 Å². The average Bonchev–Trinajstić information content (AvgIpc) is 2.97. The first-order valence-electron chi connectivity index (χ1n) is 7.44. The Morgan fingerprint density at radius 2 is 2.09 bits per heavy atom. The lowest BCUT2D eigenvalue weighted by molar-refractivity contribution is -0.122. The van der Waals surface area contributed by atoms with Gasteiger partial charge >= 0.3 is 0 Å². The van der Waals surface area contributed by atoms with E-state index in [2.05, 4.69) is 10.0 Å². The van der Waals surface area contributed by atoms with Gasteiger partial charge in [-0.25, -0.2) is 13.1 Å². The van der Waals surface area contributed by atoms with Gasteiger partial charge < -0.3 is 10.1 Å². The van der Waals surface area contributed by atoms with Crippen LogP contribution in [0.5, 0.6) is 0 Å². The highest BCUT2D eigenvalue weighted by Gasteiger charge is 2.21. The van der Waals surface area contributed by atoms with Crippen molar-refractivity contribution in [3.05, 3.63) is 34.9 Å². The lowest BCUT2D eigenvalue weighted by Crippen LogP contribution is -2.36. The highest BCUT2D eigenvalue weighted by molar-refractivity contribution is 7.88. The van der Waals surface area contributed by atoms with Gasteiger partial charge in [-0.15, -0.1) is 0 Å². The Labute approximate surface area is 141 Å². The van der Waals surface area contributed by atoms with E-state index in [0.29, 0.717) is 17.1 Å². The average molecular weight is 361 g/mol. The zero-order chi connectivity index (χ0) is 16.9. The van der Waals surface area contributed by atoms with Crippen LogP contribution in [0.4, 0.5) is 0 Å². The number of rotatable bonds is 7. The molecule has 2 N–H and O–H groups in total. The first kappa shape index (κ1) is 18.2. The van der Waals surface area contributed by atoms with E-state index >= 15 is 0 Å². The molecule has 6 nitrogen and oxygen atoms in total.